The Morgan fingerprint density at radius 2 is 1.20 bits per heavy atom. The first kappa shape index (κ1) is 19.0. The SMILES string of the molecule is OC(CC(=Nc1ccccc1)c1ccccc1)(C(F)(F)F)C(F)(F)F. The van der Waals surface area contributed by atoms with E-state index in [1.807, 2.05) is 0 Å². The molecule has 0 aliphatic carbocycles. The molecule has 0 bridgehead atoms. The second kappa shape index (κ2) is 6.87. The van der Waals surface area contributed by atoms with Crippen LogP contribution in [0.25, 0.3) is 0 Å². The zero-order valence-electron chi connectivity index (χ0n) is 12.6. The number of halogens is 6. The molecule has 2 aromatic rings. The Hall–Kier alpha value is -2.35. The van der Waals surface area contributed by atoms with Crippen molar-refractivity contribution in [2.45, 2.75) is 24.4 Å². The molecule has 0 aliphatic heterocycles. The topological polar surface area (TPSA) is 32.6 Å². The number of hydrogen-bond acceptors (Lipinski definition) is 2. The highest BCUT2D eigenvalue weighted by Gasteiger charge is 2.70. The van der Waals surface area contributed by atoms with Gasteiger partial charge in [0, 0.05) is 6.42 Å². The predicted octanol–water partition coefficient (Wildman–Crippen LogP) is 5.05. The lowest BCUT2D eigenvalue weighted by molar-refractivity contribution is -0.365. The molecule has 134 valence electrons. The highest BCUT2D eigenvalue weighted by molar-refractivity contribution is 6.02. The summed E-state index contributed by atoms with van der Waals surface area (Å²) < 4.78 is 77.9. The Morgan fingerprint density at radius 1 is 0.760 bits per heavy atom. The molecule has 0 aliphatic rings. The van der Waals surface area contributed by atoms with E-state index in [0.717, 1.165) is 0 Å². The summed E-state index contributed by atoms with van der Waals surface area (Å²) in [5.74, 6) is 0. The van der Waals surface area contributed by atoms with Gasteiger partial charge in [-0.3, -0.25) is 4.99 Å². The zero-order chi connectivity index (χ0) is 18.7. The monoisotopic (exact) mass is 361 g/mol. The van der Waals surface area contributed by atoms with E-state index in [1.165, 1.54) is 36.4 Å². The lowest BCUT2D eigenvalue weighted by Gasteiger charge is -2.32. The van der Waals surface area contributed by atoms with Crippen LogP contribution < -0.4 is 0 Å². The summed E-state index contributed by atoms with van der Waals surface area (Å²) in [5, 5.41) is 9.46. The van der Waals surface area contributed by atoms with Crippen LogP contribution >= 0.6 is 0 Å². The van der Waals surface area contributed by atoms with E-state index in [0.29, 0.717) is 0 Å². The second-order valence-corrected chi connectivity index (χ2v) is 5.29. The minimum absolute atomic E-state index is 0.0540. The van der Waals surface area contributed by atoms with Crippen molar-refractivity contribution >= 4 is 11.4 Å². The van der Waals surface area contributed by atoms with Crippen LogP contribution in [0, 0.1) is 0 Å². The van der Waals surface area contributed by atoms with E-state index >= 15 is 0 Å². The van der Waals surface area contributed by atoms with Crippen LogP contribution in [0.5, 0.6) is 0 Å². The minimum Gasteiger partial charge on any atom is -0.373 e. The molecule has 0 radical (unpaired) electrons. The van der Waals surface area contributed by atoms with Gasteiger partial charge in [-0.15, -0.1) is 0 Å². The van der Waals surface area contributed by atoms with Crippen LogP contribution in [-0.2, 0) is 0 Å². The summed E-state index contributed by atoms with van der Waals surface area (Å²) in [4.78, 5) is 3.90. The molecule has 2 nitrogen and oxygen atoms in total. The smallest absolute Gasteiger partial charge is 0.373 e. The largest absolute Gasteiger partial charge is 0.426 e. The van der Waals surface area contributed by atoms with Gasteiger partial charge in [0.15, 0.2) is 0 Å². The fourth-order valence-electron chi connectivity index (χ4n) is 2.10. The van der Waals surface area contributed by atoms with E-state index in [-0.39, 0.29) is 11.3 Å². The molecule has 25 heavy (non-hydrogen) atoms. The molecule has 1 N–H and O–H groups in total. The lowest BCUT2D eigenvalue weighted by Crippen LogP contribution is -2.58. The van der Waals surface area contributed by atoms with Crippen molar-refractivity contribution in [2.75, 3.05) is 0 Å². The van der Waals surface area contributed by atoms with Gasteiger partial charge in [0.05, 0.1) is 11.4 Å². The van der Waals surface area contributed by atoms with Crippen LogP contribution in [0.15, 0.2) is 65.7 Å². The van der Waals surface area contributed by atoms with E-state index in [1.54, 1.807) is 24.3 Å². The average Bonchev–Trinajstić information content (AvgIpc) is 2.54. The summed E-state index contributed by atoms with van der Waals surface area (Å²) in [5.41, 5.74) is -5.20. The third-order valence-electron chi connectivity index (χ3n) is 3.49. The molecule has 2 aromatic carbocycles. The number of alkyl halides is 6. The molecule has 0 saturated carbocycles. The molecule has 0 amide bonds. The number of nitrogens with zero attached hydrogens (tertiary/aromatic N) is 1. The van der Waals surface area contributed by atoms with Gasteiger partial charge >= 0.3 is 12.4 Å². The van der Waals surface area contributed by atoms with E-state index in [2.05, 4.69) is 4.99 Å². The maximum atomic E-state index is 13.0. The van der Waals surface area contributed by atoms with Crippen molar-refractivity contribution in [3.05, 3.63) is 66.2 Å². The third kappa shape index (κ3) is 4.19. The number of aliphatic imine (C=N–C) groups is 1. The van der Waals surface area contributed by atoms with Gasteiger partial charge in [-0.05, 0) is 17.7 Å². The van der Waals surface area contributed by atoms with Crippen molar-refractivity contribution in [3.8, 4) is 0 Å². The maximum absolute atomic E-state index is 13.0. The third-order valence-corrected chi connectivity index (χ3v) is 3.49. The van der Waals surface area contributed by atoms with Gasteiger partial charge in [0.2, 0.25) is 0 Å². The van der Waals surface area contributed by atoms with Crippen LogP contribution in [0.3, 0.4) is 0 Å². The Balaban J connectivity index is 2.55. The predicted molar refractivity (Wildman–Crippen MR) is 80.8 cm³/mol. The van der Waals surface area contributed by atoms with Crippen molar-refractivity contribution in [1.29, 1.82) is 0 Å². The zero-order valence-corrected chi connectivity index (χ0v) is 12.6. The van der Waals surface area contributed by atoms with Crippen molar-refractivity contribution in [1.82, 2.24) is 0 Å². The van der Waals surface area contributed by atoms with E-state index < -0.39 is 30.1 Å². The molecule has 0 atom stereocenters. The first-order chi connectivity index (χ1) is 11.5. The Bertz CT molecular complexity index is 708. The first-order valence-electron chi connectivity index (χ1n) is 7.08. The number of benzene rings is 2. The normalized spacial score (nSPS) is 13.8. The molecule has 0 heterocycles. The summed E-state index contributed by atoms with van der Waals surface area (Å²) in [6.07, 6.45) is -13.6. The number of aliphatic hydroxyl groups is 1. The molecule has 0 aromatic heterocycles. The molecule has 0 fully saturated rings. The Kier molecular flexibility index (Phi) is 5.22. The fourth-order valence-corrected chi connectivity index (χ4v) is 2.10. The molecule has 0 saturated heterocycles. The standard InChI is InChI=1S/C17H13F6NO/c18-16(19,20)15(25,17(21,22)23)11-14(12-7-3-1-4-8-12)24-13-9-5-2-6-10-13/h1-10,25H,11H2. The van der Waals surface area contributed by atoms with Gasteiger partial charge in [-0.25, -0.2) is 0 Å². The fraction of sp³-hybridized carbons (Fsp3) is 0.235. The second-order valence-electron chi connectivity index (χ2n) is 5.29. The first-order valence-corrected chi connectivity index (χ1v) is 7.08. The molecule has 2 rings (SSSR count). The van der Waals surface area contributed by atoms with Gasteiger partial charge in [0.25, 0.3) is 5.60 Å². The van der Waals surface area contributed by atoms with Gasteiger partial charge in [0.1, 0.15) is 0 Å². The number of para-hydroxylation sites is 1. The summed E-state index contributed by atoms with van der Waals surface area (Å²) in [6, 6.07) is 14.7. The van der Waals surface area contributed by atoms with Gasteiger partial charge < -0.3 is 5.11 Å². The molecular formula is C17H13F6NO. The number of hydrogen-bond donors (Lipinski definition) is 1. The average molecular weight is 361 g/mol. The highest BCUT2D eigenvalue weighted by Crippen LogP contribution is 2.46. The molecule has 8 heteroatoms. The van der Waals surface area contributed by atoms with Crippen LogP contribution in [0.4, 0.5) is 32.0 Å². The van der Waals surface area contributed by atoms with Crippen molar-refractivity contribution in [2.24, 2.45) is 4.99 Å². The highest BCUT2D eigenvalue weighted by atomic mass is 19.4. The Labute approximate surface area is 139 Å². The molecule has 0 unspecified atom stereocenters. The van der Waals surface area contributed by atoms with Crippen molar-refractivity contribution < 1.29 is 31.4 Å². The summed E-state index contributed by atoms with van der Waals surface area (Å²) >= 11 is 0. The Morgan fingerprint density at radius 3 is 1.64 bits per heavy atom. The molecular weight excluding hydrogens is 348 g/mol. The maximum Gasteiger partial charge on any atom is 0.426 e. The quantitative estimate of drug-likeness (QED) is 0.600. The van der Waals surface area contributed by atoms with E-state index in [9.17, 15) is 31.4 Å². The van der Waals surface area contributed by atoms with Crippen LogP contribution in [0.1, 0.15) is 12.0 Å². The minimum atomic E-state index is -5.91. The summed E-state index contributed by atoms with van der Waals surface area (Å²) in [6.45, 7) is 0. The van der Waals surface area contributed by atoms with E-state index in [4.69, 9.17) is 0 Å². The van der Waals surface area contributed by atoms with Crippen molar-refractivity contribution in [3.63, 3.8) is 0 Å². The van der Waals surface area contributed by atoms with Gasteiger partial charge in [-0.2, -0.15) is 26.3 Å². The lowest BCUT2D eigenvalue weighted by atomic mass is 9.91. The summed E-state index contributed by atoms with van der Waals surface area (Å²) in [7, 11) is 0. The van der Waals surface area contributed by atoms with Gasteiger partial charge in [-0.1, -0.05) is 48.5 Å². The van der Waals surface area contributed by atoms with Crippen LogP contribution in [-0.4, -0.2) is 28.8 Å². The number of rotatable bonds is 4. The van der Waals surface area contributed by atoms with Crippen LogP contribution in [0.2, 0.25) is 0 Å². The molecule has 0 spiro atoms.